The Kier molecular flexibility index (Phi) is 19.8. The van der Waals surface area contributed by atoms with Crippen LogP contribution in [-0.2, 0) is 33.4 Å². The van der Waals surface area contributed by atoms with E-state index in [0.717, 1.165) is 64.2 Å². The molecule has 4 atom stereocenters. The first-order chi connectivity index (χ1) is 19.0. The van der Waals surface area contributed by atoms with Gasteiger partial charge in [0.2, 0.25) is 0 Å². The van der Waals surface area contributed by atoms with Crippen molar-refractivity contribution in [2.75, 3.05) is 19.8 Å². The predicted octanol–water partition coefficient (Wildman–Crippen LogP) is 6.74. The van der Waals surface area contributed by atoms with Crippen LogP contribution in [0.2, 0.25) is 0 Å². The van der Waals surface area contributed by atoms with Gasteiger partial charge in [-0.05, 0) is 44.4 Å². The number of ketones is 1. The molecule has 0 saturated heterocycles. The summed E-state index contributed by atoms with van der Waals surface area (Å²) in [4.78, 5) is 51.3. The molecule has 0 aromatic heterocycles. The van der Waals surface area contributed by atoms with Gasteiger partial charge in [0.25, 0.3) is 0 Å². The second-order valence-corrected chi connectivity index (χ2v) is 11.5. The van der Waals surface area contributed by atoms with E-state index in [-0.39, 0.29) is 37.4 Å². The van der Waals surface area contributed by atoms with Crippen LogP contribution in [0, 0.1) is 17.3 Å². The summed E-state index contributed by atoms with van der Waals surface area (Å²) in [5.74, 6) is -2.43. The molecule has 0 aliphatic rings. The van der Waals surface area contributed by atoms with Crippen molar-refractivity contribution in [1.82, 2.24) is 0 Å². The molecule has 0 bridgehead atoms. The Balaban J connectivity index is 5.60. The zero-order chi connectivity index (χ0) is 30.6. The molecule has 8 heteroatoms. The zero-order valence-corrected chi connectivity index (χ0v) is 26.5. The van der Waals surface area contributed by atoms with E-state index >= 15 is 0 Å². The molecule has 40 heavy (non-hydrogen) atoms. The van der Waals surface area contributed by atoms with Gasteiger partial charge in [-0.15, -0.1) is 0 Å². The molecular formula is C32H58O8. The quantitative estimate of drug-likeness (QED) is 0.100. The second-order valence-electron chi connectivity index (χ2n) is 11.5. The molecule has 0 fully saturated rings. The third-order valence-electron chi connectivity index (χ3n) is 8.21. The summed E-state index contributed by atoms with van der Waals surface area (Å²) >= 11 is 0. The van der Waals surface area contributed by atoms with Gasteiger partial charge in [0.05, 0.1) is 31.5 Å². The maximum atomic E-state index is 13.1. The summed E-state index contributed by atoms with van der Waals surface area (Å²) in [6.45, 7) is 13.7. The molecule has 0 saturated carbocycles. The van der Waals surface area contributed by atoms with Crippen LogP contribution in [0.1, 0.15) is 138 Å². The molecule has 0 radical (unpaired) electrons. The molecule has 8 nitrogen and oxygen atoms in total. The van der Waals surface area contributed by atoms with Gasteiger partial charge in [-0.1, -0.05) is 92.9 Å². The van der Waals surface area contributed by atoms with Crippen molar-refractivity contribution >= 4 is 23.7 Å². The molecule has 0 rings (SSSR count). The summed E-state index contributed by atoms with van der Waals surface area (Å²) in [7, 11) is 0. The Morgan fingerprint density at radius 2 is 1.18 bits per heavy atom. The lowest BCUT2D eigenvalue weighted by Gasteiger charge is -2.30. The highest BCUT2D eigenvalue weighted by Gasteiger charge is 2.44. The molecular weight excluding hydrogens is 512 g/mol. The lowest BCUT2D eigenvalue weighted by molar-refractivity contribution is -0.180. The van der Waals surface area contributed by atoms with Crippen molar-refractivity contribution in [2.45, 2.75) is 144 Å². The maximum Gasteiger partial charge on any atom is 0.339 e. The van der Waals surface area contributed by atoms with E-state index in [0.29, 0.717) is 12.8 Å². The largest absolute Gasteiger partial charge is 0.465 e. The molecule has 0 heterocycles. The lowest BCUT2D eigenvalue weighted by atomic mass is 9.77. The average Bonchev–Trinajstić information content (AvgIpc) is 2.93. The third kappa shape index (κ3) is 14.1. The minimum atomic E-state index is -2.42. The van der Waals surface area contributed by atoms with E-state index in [1.54, 1.807) is 0 Å². The molecule has 0 aromatic carbocycles. The highest BCUT2D eigenvalue weighted by Crippen LogP contribution is 2.31. The van der Waals surface area contributed by atoms with Crippen molar-refractivity contribution in [3.8, 4) is 0 Å². The number of carbonyl (C=O) groups is 4. The fourth-order valence-electron chi connectivity index (χ4n) is 4.73. The smallest absolute Gasteiger partial charge is 0.339 e. The Hall–Kier alpha value is -1.96. The minimum Gasteiger partial charge on any atom is -0.465 e. The van der Waals surface area contributed by atoms with Crippen LogP contribution in [0.15, 0.2) is 0 Å². The molecule has 1 N–H and O–H groups in total. The fourth-order valence-corrected chi connectivity index (χ4v) is 4.73. The van der Waals surface area contributed by atoms with E-state index in [1.165, 1.54) is 6.92 Å². The van der Waals surface area contributed by atoms with Crippen LogP contribution in [0.4, 0.5) is 0 Å². The first-order valence-corrected chi connectivity index (χ1v) is 15.7. The van der Waals surface area contributed by atoms with Crippen molar-refractivity contribution in [3.63, 3.8) is 0 Å². The number of esters is 3. The van der Waals surface area contributed by atoms with E-state index in [9.17, 15) is 24.3 Å². The SMILES string of the molecule is CCCCC(CC)COC(=O)CC(O)(CC(=O)OCC(CC)(CCCC)C(C)=O)C(=O)OCC(CC)CCCC. The Morgan fingerprint density at radius 1 is 0.700 bits per heavy atom. The van der Waals surface area contributed by atoms with Crippen molar-refractivity contribution in [2.24, 2.45) is 17.3 Å². The summed E-state index contributed by atoms with van der Waals surface area (Å²) in [5.41, 5.74) is -3.23. The molecule has 4 unspecified atom stereocenters. The van der Waals surface area contributed by atoms with Crippen LogP contribution < -0.4 is 0 Å². The van der Waals surface area contributed by atoms with E-state index in [4.69, 9.17) is 14.2 Å². The van der Waals surface area contributed by atoms with Crippen LogP contribution in [0.3, 0.4) is 0 Å². The van der Waals surface area contributed by atoms with Crippen LogP contribution >= 0.6 is 0 Å². The fraction of sp³-hybridized carbons (Fsp3) is 0.875. The number of carbonyl (C=O) groups excluding carboxylic acids is 4. The topological polar surface area (TPSA) is 116 Å². The monoisotopic (exact) mass is 570 g/mol. The predicted molar refractivity (Wildman–Crippen MR) is 157 cm³/mol. The van der Waals surface area contributed by atoms with Gasteiger partial charge in [-0.3, -0.25) is 14.4 Å². The lowest BCUT2D eigenvalue weighted by Crippen LogP contribution is -2.46. The number of unbranched alkanes of at least 4 members (excludes halogenated alkanes) is 3. The van der Waals surface area contributed by atoms with Crippen molar-refractivity contribution in [1.29, 1.82) is 0 Å². The molecule has 0 amide bonds. The van der Waals surface area contributed by atoms with Crippen molar-refractivity contribution < 1.29 is 38.5 Å². The van der Waals surface area contributed by atoms with E-state index in [1.807, 2.05) is 27.7 Å². The zero-order valence-electron chi connectivity index (χ0n) is 26.5. The highest BCUT2D eigenvalue weighted by atomic mass is 16.6. The van der Waals surface area contributed by atoms with Gasteiger partial charge >= 0.3 is 17.9 Å². The molecule has 0 aliphatic carbocycles. The molecule has 234 valence electrons. The number of hydrogen-bond acceptors (Lipinski definition) is 8. The minimum absolute atomic E-state index is 0.0688. The van der Waals surface area contributed by atoms with E-state index in [2.05, 4.69) is 13.8 Å². The Morgan fingerprint density at radius 3 is 1.60 bits per heavy atom. The molecule has 0 aromatic rings. The van der Waals surface area contributed by atoms with Gasteiger partial charge in [-0.25, -0.2) is 4.79 Å². The van der Waals surface area contributed by atoms with Gasteiger partial charge in [-0.2, -0.15) is 0 Å². The second kappa shape index (κ2) is 20.8. The van der Waals surface area contributed by atoms with Gasteiger partial charge < -0.3 is 19.3 Å². The van der Waals surface area contributed by atoms with Gasteiger partial charge in [0.15, 0.2) is 5.60 Å². The number of rotatable bonds is 24. The van der Waals surface area contributed by atoms with Crippen molar-refractivity contribution in [3.05, 3.63) is 0 Å². The Bertz CT molecular complexity index is 751. The van der Waals surface area contributed by atoms with Crippen LogP contribution in [0.25, 0.3) is 0 Å². The molecule has 0 aliphatic heterocycles. The number of ether oxygens (including phenoxy) is 3. The number of aliphatic hydroxyl groups is 1. The average molecular weight is 571 g/mol. The maximum absolute atomic E-state index is 13.1. The standard InChI is InChI=1S/C32H58O8/c1-8-14-17-26(11-4)22-38-28(34)20-32(37,30(36)39-23-27(12-5)18-15-9-2)21-29(35)40-24-31(13-6,25(7)33)19-16-10-3/h26-27,37H,8-24H2,1-7H3. The first kappa shape index (κ1) is 38.0. The third-order valence-corrected chi connectivity index (χ3v) is 8.21. The summed E-state index contributed by atoms with van der Waals surface area (Å²) < 4.78 is 16.3. The Labute approximate surface area is 243 Å². The van der Waals surface area contributed by atoms with Gasteiger partial charge in [0.1, 0.15) is 12.4 Å². The van der Waals surface area contributed by atoms with Crippen LogP contribution in [0.5, 0.6) is 0 Å². The highest BCUT2D eigenvalue weighted by molar-refractivity contribution is 5.90. The summed E-state index contributed by atoms with van der Waals surface area (Å²) in [6, 6.07) is 0. The number of hydrogen-bond donors (Lipinski definition) is 1. The normalized spacial score (nSPS) is 15.8. The van der Waals surface area contributed by atoms with Gasteiger partial charge in [0, 0.05) is 0 Å². The van der Waals surface area contributed by atoms with Crippen LogP contribution in [-0.4, -0.2) is 54.2 Å². The summed E-state index contributed by atoms with van der Waals surface area (Å²) in [6.07, 6.45) is 8.81. The first-order valence-electron chi connectivity index (χ1n) is 15.7. The number of Topliss-reactive ketones (excluding diaryl/α,β-unsaturated/α-hetero) is 1. The molecule has 0 spiro atoms. The summed E-state index contributed by atoms with van der Waals surface area (Å²) in [5, 5.41) is 11.3. The van der Waals surface area contributed by atoms with E-state index < -0.39 is 41.8 Å².